The van der Waals surface area contributed by atoms with Crippen molar-refractivity contribution in [1.29, 1.82) is 0 Å². The number of likely N-dealkylation sites (tertiary alicyclic amines) is 1. The lowest BCUT2D eigenvalue weighted by molar-refractivity contribution is 0.215. The second kappa shape index (κ2) is 9.36. The average Bonchev–Trinajstić information content (AvgIpc) is 3.43. The molecule has 3 heterocycles. The molecule has 0 bridgehead atoms. The number of hydrogen-bond acceptors (Lipinski definition) is 5. The molecule has 27 heavy (non-hydrogen) atoms. The molecule has 1 fully saturated rings. The Kier molecular flexibility index (Phi) is 6.64. The minimum atomic E-state index is 0.190. The Balaban J connectivity index is 1.67. The summed E-state index contributed by atoms with van der Waals surface area (Å²) in [5.74, 6) is 3.41. The Labute approximate surface area is 160 Å². The molecule has 1 aliphatic rings. The standard InChI is InChI=1S/C19H29N7O/c1-4-9-20-19(22-14-18-24-23-15(2)25(18)3)21-13-16(17-8-7-12-27-17)26-10-5-6-11-26/h4,7-8,12,16H,1,5-6,9-11,13-14H2,2-3H3,(H2,20,21,22). The zero-order valence-corrected chi connectivity index (χ0v) is 16.2. The van der Waals surface area contributed by atoms with Crippen LogP contribution in [0.2, 0.25) is 0 Å². The van der Waals surface area contributed by atoms with Crippen molar-refractivity contribution in [3.63, 3.8) is 0 Å². The van der Waals surface area contributed by atoms with E-state index in [9.17, 15) is 0 Å². The maximum atomic E-state index is 5.69. The maximum Gasteiger partial charge on any atom is 0.192 e. The Morgan fingerprint density at radius 3 is 2.81 bits per heavy atom. The lowest BCUT2D eigenvalue weighted by Crippen LogP contribution is -2.42. The molecule has 1 unspecified atom stereocenters. The first-order valence-electron chi connectivity index (χ1n) is 9.44. The number of nitrogens with zero attached hydrogens (tertiary/aromatic N) is 5. The second-order valence-corrected chi connectivity index (χ2v) is 6.71. The molecule has 8 heteroatoms. The number of nitrogens with one attached hydrogen (secondary N) is 2. The van der Waals surface area contributed by atoms with Crippen LogP contribution in [-0.4, -0.2) is 51.8 Å². The topological polar surface area (TPSA) is 83.5 Å². The summed E-state index contributed by atoms with van der Waals surface area (Å²) in [4.78, 5) is 7.12. The van der Waals surface area contributed by atoms with Crippen LogP contribution in [0.5, 0.6) is 0 Å². The summed E-state index contributed by atoms with van der Waals surface area (Å²) in [6.07, 6.45) is 6.02. The average molecular weight is 371 g/mol. The van der Waals surface area contributed by atoms with E-state index in [0.717, 1.165) is 36.5 Å². The van der Waals surface area contributed by atoms with Crippen LogP contribution in [0.25, 0.3) is 0 Å². The molecule has 2 aromatic rings. The maximum absolute atomic E-state index is 5.69. The predicted octanol–water partition coefficient (Wildman–Crippen LogP) is 1.77. The normalized spacial score (nSPS) is 16.4. The quantitative estimate of drug-likeness (QED) is 0.418. The first-order valence-corrected chi connectivity index (χ1v) is 9.44. The molecular weight excluding hydrogens is 342 g/mol. The third-order valence-corrected chi connectivity index (χ3v) is 4.89. The van der Waals surface area contributed by atoms with Gasteiger partial charge in [-0.2, -0.15) is 0 Å². The molecule has 1 saturated heterocycles. The molecular formula is C19H29N7O. The molecule has 1 atom stereocenters. The van der Waals surface area contributed by atoms with Crippen molar-refractivity contribution >= 4 is 5.96 Å². The molecule has 146 valence electrons. The monoisotopic (exact) mass is 371 g/mol. The molecule has 0 aromatic carbocycles. The highest BCUT2D eigenvalue weighted by atomic mass is 16.3. The lowest BCUT2D eigenvalue weighted by Gasteiger charge is -2.26. The number of guanidine groups is 1. The summed E-state index contributed by atoms with van der Waals surface area (Å²) < 4.78 is 7.64. The Bertz CT molecular complexity index is 744. The van der Waals surface area contributed by atoms with Crippen LogP contribution in [-0.2, 0) is 13.6 Å². The SMILES string of the molecule is C=CCNC(=NCc1nnc(C)n1C)NCC(c1ccco1)N1CCCC1. The van der Waals surface area contributed by atoms with E-state index in [0.29, 0.717) is 19.6 Å². The highest BCUT2D eigenvalue weighted by Crippen LogP contribution is 2.24. The van der Waals surface area contributed by atoms with Crippen molar-refractivity contribution in [2.24, 2.45) is 12.0 Å². The van der Waals surface area contributed by atoms with Crippen molar-refractivity contribution in [1.82, 2.24) is 30.3 Å². The number of rotatable bonds is 8. The minimum absolute atomic E-state index is 0.190. The van der Waals surface area contributed by atoms with Gasteiger partial charge in [0.15, 0.2) is 11.8 Å². The largest absolute Gasteiger partial charge is 0.468 e. The molecule has 8 nitrogen and oxygen atoms in total. The van der Waals surface area contributed by atoms with Crippen LogP contribution < -0.4 is 10.6 Å². The van der Waals surface area contributed by atoms with Crippen LogP contribution in [0, 0.1) is 6.92 Å². The highest BCUT2D eigenvalue weighted by Gasteiger charge is 2.25. The van der Waals surface area contributed by atoms with E-state index >= 15 is 0 Å². The van der Waals surface area contributed by atoms with Crippen LogP contribution in [0.15, 0.2) is 40.5 Å². The van der Waals surface area contributed by atoms with E-state index in [-0.39, 0.29) is 6.04 Å². The van der Waals surface area contributed by atoms with Crippen molar-refractivity contribution in [3.05, 3.63) is 48.5 Å². The Hall–Kier alpha value is -2.61. The van der Waals surface area contributed by atoms with E-state index in [4.69, 9.17) is 4.42 Å². The van der Waals surface area contributed by atoms with Gasteiger partial charge in [-0.1, -0.05) is 6.08 Å². The van der Waals surface area contributed by atoms with Crippen LogP contribution in [0.3, 0.4) is 0 Å². The molecule has 0 aliphatic carbocycles. The van der Waals surface area contributed by atoms with Crippen LogP contribution in [0.4, 0.5) is 0 Å². The minimum Gasteiger partial charge on any atom is -0.468 e. The molecule has 0 spiro atoms. The summed E-state index contributed by atoms with van der Waals surface area (Å²) in [6.45, 7) is 9.70. The molecule has 0 saturated carbocycles. The molecule has 2 N–H and O–H groups in total. The van der Waals surface area contributed by atoms with Gasteiger partial charge in [0.2, 0.25) is 0 Å². The van der Waals surface area contributed by atoms with Gasteiger partial charge in [0.1, 0.15) is 18.1 Å². The first kappa shape index (κ1) is 19.2. The van der Waals surface area contributed by atoms with Crippen LogP contribution in [0.1, 0.15) is 36.3 Å². The number of furan rings is 1. The fourth-order valence-corrected chi connectivity index (χ4v) is 3.22. The third-order valence-electron chi connectivity index (χ3n) is 4.89. The summed E-state index contributed by atoms with van der Waals surface area (Å²) in [6, 6.07) is 4.18. The number of aromatic nitrogens is 3. The number of aryl methyl sites for hydroxylation is 1. The van der Waals surface area contributed by atoms with Gasteiger partial charge >= 0.3 is 0 Å². The van der Waals surface area contributed by atoms with Gasteiger partial charge in [0.25, 0.3) is 0 Å². The molecule has 0 radical (unpaired) electrons. The predicted molar refractivity (Wildman–Crippen MR) is 105 cm³/mol. The highest BCUT2D eigenvalue weighted by molar-refractivity contribution is 5.79. The zero-order valence-electron chi connectivity index (χ0n) is 16.2. The van der Waals surface area contributed by atoms with Gasteiger partial charge < -0.3 is 19.6 Å². The summed E-state index contributed by atoms with van der Waals surface area (Å²) in [5, 5.41) is 15.0. The van der Waals surface area contributed by atoms with Gasteiger partial charge in [-0.3, -0.25) is 4.90 Å². The summed E-state index contributed by atoms with van der Waals surface area (Å²) in [5.41, 5.74) is 0. The van der Waals surface area contributed by atoms with Crippen molar-refractivity contribution in [2.75, 3.05) is 26.2 Å². The van der Waals surface area contributed by atoms with Gasteiger partial charge in [-0.05, 0) is 45.0 Å². The van der Waals surface area contributed by atoms with E-state index in [2.05, 4.69) is 37.3 Å². The van der Waals surface area contributed by atoms with E-state index < -0.39 is 0 Å². The van der Waals surface area contributed by atoms with Gasteiger partial charge in [0, 0.05) is 20.1 Å². The fourth-order valence-electron chi connectivity index (χ4n) is 3.22. The van der Waals surface area contributed by atoms with E-state index in [1.54, 1.807) is 6.26 Å². The molecule has 3 rings (SSSR count). The number of hydrogen-bond donors (Lipinski definition) is 2. The molecule has 0 amide bonds. The second-order valence-electron chi connectivity index (χ2n) is 6.71. The van der Waals surface area contributed by atoms with Gasteiger partial charge in [0.05, 0.1) is 12.3 Å². The zero-order chi connectivity index (χ0) is 19.1. The summed E-state index contributed by atoms with van der Waals surface area (Å²) in [7, 11) is 1.95. The van der Waals surface area contributed by atoms with Crippen LogP contribution >= 0.6 is 0 Å². The first-order chi connectivity index (χ1) is 13.2. The van der Waals surface area contributed by atoms with Crippen molar-refractivity contribution in [3.8, 4) is 0 Å². The Morgan fingerprint density at radius 2 is 2.19 bits per heavy atom. The fraction of sp³-hybridized carbons (Fsp3) is 0.526. The van der Waals surface area contributed by atoms with Gasteiger partial charge in [-0.25, -0.2) is 4.99 Å². The third kappa shape index (κ3) is 4.97. The van der Waals surface area contributed by atoms with Gasteiger partial charge in [-0.15, -0.1) is 16.8 Å². The van der Waals surface area contributed by atoms with E-state index in [1.165, 1.54) is 12.8 Å². The van der Waals surface area contributed by atoms with Crippen molar-refractivity contribution < 1.29 is 4.42 Å². The smallest absolute Gasteiger partial charge is 0.192 e. The summed E-state index contributed by atoms with van der Waals surface area (Å²) >= 11 is 0. The Morgan fingerprint density at radius 1 is 1.37 bits per heavy atom. The molecule has 2 aromatic heterocycles. The lowest BCUT2D eigenvalue weighted by atomic mass is 10.2. The van der Waals surface area contributed by atoms with E-state index in [1.807, 2.05) is 36.7 Å². The number of aliphatic imine (C=N–C) groups is 1. The van der Waals surface area contributed by atoms with Crippen molar-refractivity contribution in [2.45, 2.75) is 32.4 Å². The molecule has 1 aliphatic heterocycles.